The van der Waals surface area contributed by atoms with Crippen LogP contribution < -0.4 is 15.8 Å². The Bertz CT molecular complexity index is 1140. The van der Waals surface area contributed by atoms with Gasteiger partial charge in [0.2, 0.25) is 5.91 Å². The molecule has 0 radical (unpaired) electrons. The zero-order valence-corrected chi connectivity index (χ0v) is 15.2. The lowest BCUT2D eigenvalue weighted by Crippen LogP contribution is -2.16. The number of anilines is 1. The number of amides is 2. The first kappa shape index (κ1) is 20.6. The summed E-state index contributed by atoms with van der Waals surface area (Å²) in [6.07, 6.45) is 5.27. The number of nitrogens with one attached hydrogen (secondary N) is 1. The van der Waals surface area contributed by atoms with E-state index in [0.717, 1.165) is 18.2 Å². The highest BCUT2D eigenvalue weighted by molar-refractivity contribution is 6.03. The lowest BCUT2D eigenvalue weighted by molar-refractivity contribution is -0.111. The second-order valence-electron chi connectivity index (χ2n) is 5.98. The van der Waals surface area contributed by atoms with Crippen molar-refractivity contribution in [2.45, 2.75) is 0 Å². The van der Waals surface area contributed by atoms with E-state index in [2.05, 4.69) is 10.3 Å². The average Bonchev–Trinajstić information content (AvgIpc) is 2.71. The highest BCUT2D eigenvalue weighted by atomic mass is 19.1. The SMILES string of the molecule is NC(=O)c1cc(NC(=O)/C=C/c2ccc(Oc3cccnc3)c(F)c2)c(F)cc1F. The van der Waals surface area contributed by atoms with E-state index < -0.39 is 40.5 Å². The zero-order valence-electron chi connectivity index (χ0n) is 15.2. The van der Waals surface area contributed by atoms with E-state index >= 15 is 0 Å². The highest BCUT2D eigenvalue weighted by Gasteiger charge is 2.15. The van der Waals surface area contributed by atoms with Crippen molar-refractivity contribution in [3.05, 3.63) is 89.5 Å². The molecule has 0 aliphatic heterocycles. The summed E-state index contributed by atoms with van der Waals surface area (Å²) in [5, 5.41) is 2.16. The Balaban J connectivity index is 1.70. The average molecular weight is 413 g/mol. The van der Waals surface area contributed by atoms with Gasteiger partial charge < -0.3 is 15.8 Å². The Morgan fingerprint density at radius 3 is 2.50 bits per heavy atom. The van der Waals surface area contributed by atoms with E-state index in [1.807, 2.05) is 0 Å². The van der Waals surface area contributed by atoms with Gasteiger partial charge in [-0.15, -0.1) is 0 Å². The van der Waals surface area contributed by atoms with Crippen LogP contribution in [0.1, 0.15) is 15.9 Å². The number of nitrogens with zero attached hydrogens (tertiary/aromatic N) is 1. The van der Waals surface area contributed by atoms with Gasteiger partial charge in [-0.05, 0) is 42.0 Å². The summed E-state index contributed by atoms with van der Waals surface area (Å²) in [5.41, 5.74) is 4.34. The minimum atomic E-state index is -1.14. The van der Waals surface area contributed by atoms with Gasteiger partial charge in [-0.1, -0.05) is 6.07 Å². The van der Waals surface area contributed by atoms with E-state index in [1.165, 1.54) is 24.4 Å². The fourth-order valence-electron chi connectivity index (χ4n) is 2.42. The minimum Gasteiger partial charge on any atom is -0.453 e. The summed E-state index contributed by atoms with van der Waals surface area (Å²) in [7, 11) is 0. The topological polar surface area (TPSA) is 94.3 Å². The second-order valence-corrected chi connectivity index (χ2v) is 5.98. The number of primary amides is 1. The molecule has 0 saturated heterocycles. The molecule has 0 unspecified atom stereocenters. The van der Waals surface area contributed by atoms with Crippen molar-refractivity contribution < 1.29 is 27.5 Å². The van der Waals surface area contributed by atoms with Crippen LogP contribution in [0.2, 0.25) is 0 Å². The molecule has 0 bridgehead atoms. The highest BCUT2D eigenvalue weighted by Crippen LogP contribution is 2.25. The standard InChI is InChI=1S/C21H14F3N3O3/c22-15-10-16(23)18(9-14(15)21(25)29)27-20(28)6-4-12-3-5-19(17(24)8-12)30-13-2-1-7-26-11-13/h1-11H,(H2,25,29)(H,27,28)/b6-4+. The fraction of sp³-hybridized carbons (Fsp3) is 0. The Hall–Kier alpha value is -4.14. The molecule has 2 aromatic carbocycles. The van der Waals surface area contributed by atoms with Crippen molar-refractivity contribution in [1.29, 1.82) is 0 Å². The molecule has 0 aliphatic rings. The third-order valence-corrected chi connectivity index (χ3v) is 3.83. The molecule has 1 aromatic heterocycles. The predicted molar refractivity (Wildman–Crippen MR) is 103 cm³/mol. The first-order chi connectivity index (χ1) is 14.3. The first-order valence-electron chi connectivity index (χ1n) is 8.49. The molecule has 9 heteroatoms. The van der Waals surface area contributed by atoms with Gasteiger partial charge in [0, 0.05) is 18.3 Å². The van der Waals surface area contributed by atoms with Gasteiger partial charge in [0.25, 0.3) is 5.91 Å². The number of benzene rings is 2. The van der Waals surface area contributed by atoms with Crippen LogP contribution in [0.5, 0.6) is 11.5 Å². The van der Waals surface area contributed by atoms with Crippen molar-refractivity contribution >= 4 is 23.6 Å². The van der Waals surface area contributed by atoms with Crippen LogP contribution in [0, 0.1) is 17.5 Å². The zero-order chi connectivity index (χ0) is 21.7. The Kier molecular flexibility index (Phi) is 6.11. The quantitative estimate of drug-likeness (QED) is 0.597. The molecule has 30 heavy (non-hydrogen) atoms. The van der Waals surface area contributed by atoms with E-state index in [-0.39, 0.29) is 5.75 Å². The summed E-state index contributed by atoms with van der Waals surface area (Å²) in [5.74, 6) is -4.46. The third-order valence-electron chi connectivity index (χ3n) is 3.83. The van der Waals surface area contributed by atoms with Crippen LogP contribution in [0.15, 0.2) is 60.9 Å². The predicted octanol–water partition coefficient (Wildman–Crippen LogP) is 4.04. The van der Waals surface area contributed by atoms with Crippen molar-refractivity contribution in [1.82, 2.24) is 4.98 Å². The van der Waals surface area contributed by atoms with E-state index in [1.54, 1.807) is 18.3 Å². The molecule has 2 amide bonds. The Morgan fingerprint density at radius 2 is 1.83 bits per heavy atom. The van der Waals surface area contributed by atoms with E-state index in [4.69, 9.17) is 10.5 Å². The summed E-state index contributed by atoms with van der Waals surface area (Å²) in [6.45, 7) is 0. The van der Waals surface area contributed by atoms with E-state index in [9.17, 15) is 22.8 Å². The smallest absolute Gasteiger partial charge is 0.251 e. The second kappa shape index (κ2) is 8.91. The molecule has 3 N–H and O–H groups in total. The molecule has 0 fully saturated rings. The number of carbonyl (C=O) groups is 2. The largest absolute Gasteiger partial charge is 0.453 e. The van der Waals surface area contributed by atoms with Crippen molar-refractivity contribution in [3.8, 4) is 11.5 Å². The number of halogens is 3. The van der Waals surface area contributed by atoms with Gasteiger partial charge in [-0.3, -0.25) is 14.6 Å². The van der Waals surface area contributed by atoms with Crippen LogP contribution in [0.25, 0.3) is 6.08 Å². The molecule has 0 atom stereocenters. The number of nitrogens with two attached hydrogens (primary N) is 1. The Labute approximate surface area is 168 Å². The van der Waals surface area contributed by atoms with Crippen LogP contribution in [0.3, 0.4) is 0 Å². The van der Waals surface area contributed by atoms with Gasteiger partial charge in [0.15, 0.2) is 11.6 Å². The number of pyridine rings is 1. The first-order valence-corrected chi connectivity index (χ1v) is 8.49. The molecule has 3 rings (SSSR count). The maximum Gasteiger partial charge on any atom is 0.251 e. The van der Waals surface area contributed by atoms with Gasteiger partial charge in [0.1, 0.15) is 17.4 Å². The van der Waals surface area contributed by atoms with Crippen molar-refractivity contribution in [3.63, 3.8) is 0 Å². The van der Waals surface area contributed by atoms with Gasteiger partial charge in [-0.2, -0.15) is 0 Å². The molecule has 0 spiro atoms. The maximum absolute atomic E-state index is 14.2. The minimum absolute atomic E-state index is 0.0306. The van der Waals surface area contributed by atoms with Crippen LogP contribution >= 0.6 is 0 Å². The molecule has 3 aromatic rings. The lowest BCUT2D eigenvalue weighted by atomic mass is 10.1. The Morgan fingerprint density at radius 1 is 1.03 bits per heavy atom. The molecule has 152 valence electrons. The van der Waals surface area contributed by atoms with Gasteiger partial charge in [0.05, 0.1) is 17.4 Å². The normalized spacial score (nSPS) is 10.8. The lowest BCUT2D eigenvalue weighted by Gasteiger charge is -2.07. The number of hydrogen-bond donors (Lipinski definition) is 2. The summed E-state index contributed by atoms with van der Waals surface area (Å²) < 4.78 is 46.9. The van der Waals surface area contributed by atoms with E-state index in [0.29, 0.717) is 17.4 Å². The van der Waals surface area contributed by atoms with Crippen LogP contribution in [-0.4, -0.2) is 16.8 Å². The van der Waals surface area contributed by atoms with Gasteiger partial charge >= 0.3 is 0 Å². The van der Waals surface area contributed by atoms with Crippen molar-refractivity contribution in [2.24, 2.45) is 5.73 Å². The van der Waals surface area contributed by atoms with Crippen LogP contribution in [0.4, 0.5) is 18.9 Å². The molecule has 6 nitrogen and oxygen atoms in total. The van der Waals surface area contributed by atoms with Gasteiger partial charge in [-0.25, -0.2) is 13.2 Å². The summed E-state index contributed by atoms with van der Waals surface area (Å²) in [4.78, 5) is 27.0. The van der Waals surface area contributed by atoms with Crippen molar-refractivity contribution in [2.75, 3.05) is 5.32 Å². The number of rotatable bonds is 6. The molecular weight excluding hydrogens is 399 g/mol. The fourth-order valence-corrected chi connectivity index (χ4v) is 2.42. The molecule has 1 heterocycles. The maximum atomic E-state index is 14.2. The van der Waals surface area contributed by atoms with Crippen LogP contribution in [-0.2, 0) is 4.79 Å². The molecule has 0 aliphatic carbocycles. The number of hydrogen-bond acceptors (Lipinski definition) is 4. The summed E-state index contributed by atoms with van der Waals surface area (Å²) in [6, 6.07) is 8.50. The monoisotopic (exact) mass is 413 g/mol. The molecule has 0 saturated carbocycles. The number of aromatic nitrogens is 1. The summed E-state index contributed by atoms with van der Waals surface area (Å²) >= 11 is 0. The third kappa shape index (κ3) is 5.02. The number of carbonyl (C=O) groups excluding carboxylic acids is 2. The molecular formula is C21H14F3N3O3. The number of ether oxygens (including phenoxy) is 1.